The van der Waals surface area contributed by atoms with Crippen molar-refractivity contribution in [3.63, 3.8) is 0 Å². The lowest BCUT2D eigenvalue weighted by atomic mass is 10.0. The number of halogens is 3. The lowest BCUT2D eigenvalue weighted by Gasteiger charge is -2.18. The summed E-state index contributed by atoms with van der Waals surface area (Å²) in [6.07, 6.45) is 1.24. The van der Waals surface area contributed by atoms with Crippen molar-refractivity contribution < 1.29 is 12.8 Å². The zero-order chi connectivity index (χ0) is 15.2. The highest BCUT2D eigenvalue weighted by Crippen LogP contribution is 2.39. The van der Waals surface area contributed by atoms with Crippen LogP contribution in [-0.2, 0) is 10.0 Å². The standard InChI is InChI=1S/C12H6Cl2FN3O2S/c13-9-6(4-5-16-11(9)15)7-2-1-3-8-10(7)17-12(14)18-21(8,19)20/h1-5H,(H,17,18). The maximum Gasteiger partial charge on any atom is 0.287 e. The fourth-order valence-corrected chi connectivity index (χ4v) is 3.61. The van der Waals surface area contributed by atoms with Gasteiger partial charge in [-0.3, -0.25) is 0 Å². The number of aromatic nitrogens is 1. The van der Waals surface area contributed by atoms with E-state index in [1.54, 1.807) is 6.07 Å². The van der Waals surface area contributed by atoms with Crippen molar-refractivity contribution >= 4 is 44.2 Å². The van der Waals surface area contributed by atoms with E-state index >= 15 is 0 Å². The first kappa shape index (κ1) is 14.2. The fraction of sp³-hybridized carbons (Fsp3) is 0. The molecule has 0 bridgehead atoms. The average Bonchev–Trinajstić information content (AvgIpc) is 2.41. The van der Waals surface area contributed by atoms with E-state index in [2.05, 4.69) is 14.7 Å². The Morgan fingerprint density at radius 3 is 2.67 bits per heavy atom. The van der Waals surface area contributed by atoms with E-state index in [1.807, 2.05) is 0 Å². The number of nitrogens with one attached hydrogen (secondary N) is 1. The van der Waals surface area contributed by atoms with Crippen molar-refractivity contribution in [2.24, 2.45) is 4.40 Å². The lowest BCUT2D eigenvalue weighted by molar-refractivity contribution is 0.585. The van der Waals surface area contributed by atoms with Crippen LogP contribution in [0.15, 0.2) is 39.8 Å². The highest BCUT2D eigenvalue weighted by molar-refractivity contribution is 7.90. The van der Waals surface area contributed by atoms with Crippen LogP contribution in [0, 0.1) is 5.95 Å². The Hall–Kier alpha value is -1.70. The summed E-state index contributed by atoms with van der Waals surface area (Å²) < 4.78 is 40.8. The van der Waals surface area contributed by atoms with Crippen LogP contribution in [0.3, 0.4) is 0 Å². The molecule has 0 fully saturated rings. The molecular weight excluding hydrogens is 340 g/mol. The number of fused-ring (bicyclic) bond motifs is 1. The van der Waals surface area contributed by atoms with Crippen molar-refractivity contribution in [1.82, 2.24) is 4.98 Å². The van der Waals surface area contributed by atoms with Crippen LogP contribution in [0.1, 0.15) is 0 Å². The number of rotatable bonds is 1. The third kappa shape index (κ3) is 2.37. The Kier molecular flexibility index (Phi) is 3.35. The first-order chi connectivity index (χ1) is 9.90. The largest absolute Gasteiger partial charge is 0.328 e. The first-order valence-electron chi connectivity index (χ1n) is 5.61. The summed E-state index contributed by atoms with van der Waals surface area (Å²) in [7, 11) is -3.90. The smallest absolute Gasteiger partial charge is 0.287 e. The Morgan fingerprint density at radius 1 is 1.14 bits per heavy atom. The van der Waals surface area contributed by atoms with Crippen LogP contribution < -0.4 is 5.32 Å². The summed E-state index contributed by atoms with van der Waals surface area (Å²) in [6.45, 7) is 0. The monoisotopic (exact) mass is 345 g/mol. The van der Waals surface area contributed by atoms with Crippen molar-refractivity contribution in [1.29, 1.82) is 0 Å². The maximum absolute atomic E-state index is 13.5. The number of amidine groups is 1. The summed E-state index contributed by atoms with van der Waals surface area (Å²) >= 11 is 11.6. The van der Waals surface area contributed by atoms with Crippen molar-refractivity contribution in [2.75, 3.05) is 5.32 Å². The molecule has 0 aliphatic carbocycles. The highest BCUT2D eigenvalue weighted by Gasteiger charge is 2.27. The molecular formula is C12H6Cl2FN3O2S. The summed E-state index contributed by atoms with van der Waals surface area (Å²) in [5.74, 6) is -0.842. The lowest BCUT2D eigenvalue weighted by Crippen LogP contribution is -2.17. The van der Waals surface area contributed by atoms with Gasteiger partial charge in [0.1, 0.15) is 9.92 Å². The fourth-order valence-electron chi connectivity index (χ4n) is 2.01. The number of hydrogen-bond acceptors (Lipinski definition) is 4. The molecule has 1 aromatic heterocycles. The van der Waals surface area contributed by atoms with Gasteiger partial charge < -0.3 is 5.32 Å². The second kappa shape index (κ2) is 4.94. The molecule has 2 heterocycles. The van der Waals surface area contributed by atoms with Gasteiger partial charge in [-0.05, 0) is 23.7 Å². The van der Waals surface area contributed by atoms with E-state index < -0.39 is 16.0 Å². The first-order valence-corrected chi connectivity index (χ1v) is 7.80. The number of hydrogen-bond donors (Lipinski definition) is 1. The molecule has 2 aromatic rings. The van der Waals surface area contributed by atoms with Crippen molar-refractivity contribution in [2.45, 2.75) is 4.90 Å². The van der Waals surface area contributed by atoms with Gasteiger partial charge in [-0.15, -0.1) is 4.40 Å². The minimum Gasteiger partial charge on any atom is -0.328 e. The molecule has 3 rings (SSSR count). The molecule has 1 aromatic carbocycles. The molecule has 1 N–H and O–H groups in total. The molecule has 0 atom stereocenters. The molecule has 0 radical (unpaired) electrons. The molecule has 1 aliphatic heterocycles. The zero-order valence-corrected chi connectivity index (χ0v) is 12.5. The SMILES string of the molecule is O=S1(=O)N=C(Cl)Nc2c(-c3ccnc(F)c3Cl)cccc21. The predicted molar refractivity (Wildman–Crippen MR) is 78.7 cm³/mol. The van der Waals surface area contributed by atoms with Gasteiger partial charge in [0.05, 0.1) is 5.69 Å². The average molecular weight is 346 g/mol. The number of pyridine rings is 1. The van der Waals surface area contributed by atoms with E-state index in [0.29, 0.717) is 11.1 Å². The van der Waals surface area contributed by atoms with Gasteiger partial charge >= 0.3 is 0 Å². The second-order valence-electron chi connectivity index (χ2n) is 4.12. The number of anilines is 1. The van der Waals surface area contributed by atoms with Gasteiger partial charge in [-0.2, -0.15) is 12.8 Å². The molecule has 0 unspecified atom stereocenters. The van der Waals surface area contributed by atoms with Gasteiger partial charge in [0, 0.05) is 17.3 Å². The zero-order valence-electron chi connectivity index (χ0n) is 10.1. The summed E-state index contributed by atoms with van der Waals surface area (Å²) in [4.78, 5) is 3.38. The Morgan fingerprint density at radius 2 is 1.90 bits per heavy atom. The highest BCUT2D eigenvalue weighted by atomic mass is 35.5. The molecule has 9 heteroatoms. The topological polar surface area (TPSA) is 71.4 Å². The molecule has 0 saturated heterocycles. The minimum atomic E-state index is -3.90. The summed E-state index contributed by atoms with van der Waals surface area (Å²) in [6, 6.07) is 5.96. The van der Waals surface area contributed by atoms with Crippen LogP contribution in [0.2, 0.25) is 5.02 Å². The maximum atomic E-state index is 13.5. The molecule has 0 spiro atoms. The Labute approximate surface area is 129 Å². The van der Waals surface area contributed by atoms with E-state index in [9.17, 15) is 12.8 Å². The van der Waals surface area contributed by atoms with E-state index in [1.165, 1.54) is 24.4 Å². The van der Waals surface area contributed by atoms with Crippen LogP contribution in [0.4, 0.5) is 10.1 Å². The summed E-state index contributed by atoms with van der Waals surface area (Å²) in [5.41, 5.74) is 0.885. The number of sulfonamides is 1. The predicted octanol–water partition coefficient (Wildman–Crippen LogP) is 3.25. The Balaban J connectivity index is 2.32. The van der Waals surface area contributed by atoms with Crippen LogP contribution in [-0.4, -0.2) is 18.7 Å². The number of benzene rings is 1. The summed E-state index contributed by atoms with van der Waals surface area (Å²) in [5, 5.41) is 2.17. The van der Waals surface area contributed by atoms with Crippen LogP contribution in [0.25, 0.3) is 11.1 Å². The van der Waals surface area contributed by atoms with E-state index in [-0.39, 0.29) is 20.9 Å². The van der Waals surface area contributed by atoms with E-state index in [4.69, 9.17) is 23.2 Å². The molecule has 21 heavy (non-hydrogen) atoms. The van der Waals surface area contributed by atoms with Crippen LogP contribution in [0.5, 0.6) is 0 Å². The molecule has 0 amide bonds. The molecule has 1 aliphatic rings. The van der Waals surface area contributed by atoms with Crippen molar-refractivity contribution in [3.05, 3.63) is 41.4 Å². The molecule has 5 nitrogen and oxygen atoms in total. The van der Waals surface area contributed by atoms with Gasteiger partial charge in [0.15, 0.2) is 0 Å². The number of para-hydroxylation sites is 1. The minimum absolute atomic E-state index is 0.0577. The third-order valence-corrected chi connectivity index (χ3v) is 4.83. The van der Waals surface area contributed by atoms with Gasteiger partial charge in [0.2, 0.25) is 11.2 Å². The molecule has 0 saturated carbocycles. The van der Waals surface area contributed by atoms with Gasteiger partial charge in [0.25, 0.3) is 10.0 Å². The molecule has 108 valence electrons. The van der Waals surface area contributed by atoms with Gasteiger partial charge in [-0.1, -0.05) is 23.7 Å². The second-order valence-corrected chi connectivity index (χ2v) is 6.43. The third-order valence-electron chi connectivity index (χ3n) is 2.87. The normalized spacial score (nSPS) is 15.9. The Bertz CT molecular complexity index is 884. The quantitative estimate of drug-likeness (QED) is 0.636. The van der Waals surface area contributed by atoms with Crippen LogP contribution >= 0.6 is 23.2 Å². The van der Waals surface area contributed by atoms with Gasteiger partial charge in [-0.25, -0.2) is 4.98 Å². The number of nitrogens with zero attached hydrogens (tertiary/aromatic N) is 2. The van der Waals surface area contributed by atoms with Crippen molar-refractivity contribution in [3.8, 4) is 11.1 Å². The van der Waals surface area contributed by atoms with E-state index in [0.717, 1.165) is 0 Å².